The standard InChI is InChI=1S/C21H30O4/c22-16-9-8-14(12-16)4-1-2-6-18-19-13-15(5-3-7-21(24)25)17(19)10-11-20(18)23/h5,14,16-20,22-23H,1,3-4,7-13H2,(H,24,25)/t14?,16?,17-,18-,19+,20-/m0/s1. The molecule has 3 saturated carbocycles. The van der Waals surface area contributed by atoms with Crippen molar-refractivity contribution in [2.75, 3.05) is 0 Å². The Kier molecular flexibility index (Phi) is 6.19. The highest BCUT2D eigenvalue weighted by molar-refractivity contribution is 5.66. The lowest BCUT2D eigenvalue weighted by molar-refractivity contribution is -0.136. The molecule has 3 N–H and O–H groups in total. The first-order valence-corrected chi connectivity index (χ1v) is 9.80. The lowest BCUT2D eigenvalue weighted by Crippen LogP contribution is -2.44. The number of carboxylic acid groups (broad SMARTS) is 1. The van der Waals surface area contributed by atoms with Gasteiger partial charge in [0.05, 0.1) is 12.2 Å². The fourth-order valence-electron chi connectivity index (χ4n) is 4.87. The highest BCUT2D eigenvalue weighted by Crippen LogP contribution is 2.51. The molecule has 0 aromatic rings. The van der Waals surface area contributed by atoms with Crippen molar-refractivity contribution < 1.29 is 20.1 Å². The van der Waals surface area contributed by atoms with Gasteiger partial charge in [0.1, 0.15) is 0 Å². The molecule has 0 radical (unpaired) electrons. The Morgan fingerprint density at radius 1 is 1.20 bits per heavy atom. The van der Waals surface area contributed by atoms with E-state index in [4.69, 9.17) is 5.11 Å². The Labute approximate surface area is 150 Å². The summed E-state index contributed by atoms with van der Waals surface area (Å²) in [5.74, 6) is 7.53. The molecule has 0 spiro atoms. The molecule has 0 aliphatic heterocycles. The molecule has 0 amide bonds. The predicted molar refractivity (Wildman–Crippen MR) is 95.6 cm³/mol. The minimum atomic E-state index is -0.745. The number of carboxylic acids is 1. The first-order valence-electron chi connectivity index (χ1n) is 9.80. The normalized spacial score (nSPS) is 38.6. The molecule has 138 valence electrons. The lowest BCUT2D eigenvalue weighted by atomic mass is 9.57. The molecule has 0 heterocycles. The number of carbonyl (C=O) groups is 1. The summed E-state index contributed by atoms with van der Waals surface area (Å²) in [6.45, 7) is 0. The van der Waals surface area contributed by atoms with Crippen LogP contribution in [0.15, 0.2) is 11.6 Å². The van der Waals surface area contributed by atoms with Crippen LogP contribution in [-0.4, -0.2) is 33.5 Å². The van der Waals surface area contributed by atoms with Crippen LogP contribution in [-0.2, 0) is 4.79 Å². The molecule has 3 fully saturated rings. The van der Waals surface area contributed by atoms with E-state index >= 15 is 0 Å². The van der Waals surface area contributed by atoms with Crippen LogP contribution >= 0.6 is 0 Å². The van der Waals surface area contributed by atoms with Crippen molar-refractivity contribution >= 4 is 5.97 Å². The van der Waals surface area contributed by atoms with Crippen molar-refractivity contribution in [3.8, 4) is 11.8 Å². The van der Waals surface area contributed by atoms with E-state index in [1.165, 1.54) is 5.57 Å². The van der Waals surface area contributed by atoms with E-state index in [0.29, 0.717) is 24.2 Å². The molecule has 25 heavy (non-hydrogen) atoms. The SMILES string of the molecule is O=C(O)CCC=C1C[C@H]2[C@H](C#CCCC3CCC(O)C3)[C@@H](O)CC[C@@H]12. The van der Waals surface area contributed by atoms with Crippen LogP contribution in [0.25, 0.3) is 0 Å². The quantitative estimate of drug-likeness (QED) is 0.528. The lowest BCUT2D eigenvalue weighted by Gasteiger charge is -2.48. The molecule has 3 rings (SSSR count). The number of fused-ring (bicyclic) bond motifs is 1. The molecule has 0 aromatic heterocycles. The zero-order valence-corrected chi connectivity index (χ0v) is 14.9. The summed E-state index contributed by atoms with van der Waals surface area (Å²) in [5, 5.41) is 28.7. The molecule has 3 aliphatic carbocycles. The Bertz CT molecular complexity index is 570. The fraction of sp³-hybridized carbons (Fsp3) is 0.762. The summed E-state index contributed by atoms with van der Waals surface area (Å²) in [6, 6.07) is 0. The average molecular weight is 346 g/mol. The maximum absolute atomic E-state index is 10.6. The van der Waals surface area contributed by atoms with E-state index in [1.54, 1.807) is 0 Å². The number of aliphatic hydroxyl groups excluding tert-OH is 2. The van der Waals surface area contributed by atoms with Crippen LogP contribution in [0.1, 0.15) is 64.2 Å². The molecule has 0 saturated heterocycles. The van der Waals surface area contributed by atoms with Gasteiger partial charge in [0, 0.05) is 18.8 Å². The third-order valence-corrected chi connectivity index (χ3v) is 6.34. The second-order valence-corrected chi connectivity index (χ2v) is 8.05. The molecule has 4 nitrogen and oxygen atoms in total. The molecule has 0 aromatic carbocycles. The highest BCUT2D eigenvalue weighted by atomic mass is 16.4. The first-order chi connectivity index (χ1) is 12.0. The summed E-state index contributed by atoms with van der Waals surface area (Å²) >= 11 is 0. The number of rotatable bonds is 5. The van der Waals surface area contributed by atoms with Gasteiger partial charge in [0.2, 0.25) is 0 Å². The Balaban J connectivity index is 1.48. The second-order valence-electron chi connectivity index (χ2n) is 8.05. The van der Waals surface area contributed by atoms with Gasteiger partial charge >= 0.3 is 5.97 Å². The predicted octanol–water partition coefficient (Wildman–Crippen LogP) is 3.13. The first kappa shape index (κ1) is 18.5. The van der Waals surface area contributed by atoms with Crippen molar-refractivity contribution in [2.24, 2.45) is 23.7 Å². The molecular formula is C21H30O4. The number of aliphatic carboxylic acids is 1. The van der Waals surface area contributed by atoms with E-state index in [2.05, 4.69) is 17.9 Å². The van der Waals surface area contributed by atoms with Crippen LogP contribution in [0.5, 0.6) is 0 Å². The summed E-state index contributed by atoms with van der Waals surface area (Å²) in [5.41, 5.74) is 1.38. The van der Waals surface area contributed by atoms with Gasteiger partial charge < -0.3 is 15.3 Å². The maximum atomic E-state index is 10.6. The van der Waals surface area contributed by atoms with Crippen molar-refractivity contribution in [3.05, 3.63) is 11.6 Å². The molecule has 4 heteroatoms. The van der Waals surface area contributed by atoms with E-state index in [0.717, 1.165) is 51.4 Å². The molecule has 2 unspecified atom stereocenters. The third-order valence-electron chi connectivity index (χ3n) is 6.34. The van der Waals surface area contributed by atoms with Crippen LogP contribution in [0, 0.1) is 35.5 Å². The van der Waals surface area contributed by atoms with Gasteiger partial charge in [-0.2, -0.15) is 0 Å². The van der Waals surface area contributed by atoms with Gasteiger partial charge in [0.15, 0.2) is 0 Å². The largest absolute Gasteiger partial charge is 0.481 e. The molecule has 6 atom stereocenters. The number of hydrogen-bond acceptors (Lipinski definition) is 3. The van der Waals surface area contributed by atoms with Crippen molar-refractivity contribution in [1.82, 2.24) is 0 Å². The summed E-state index contributed by atoms with van der Waals surface area (Å²) in [4.78, 5) is 10.6. The van der Waals surface area contributed by atoms with Crippen LogP contribution in [0.3, 0.4) is 0 Å². The average Bonchev–Trinajstić information content (AvgIpc) is 2.95. The third kappa shape index (κ3) is 4.65. The van der Waals surface area contributed by atoms with E-state index < -0.39 is 5.97 Å². The minimum absolute atomic E-state index is 0.0737. The molecule has 0 bridgehead atoms. The number of aliphatic hydroxyl groups is 2. The van der Waals surface area contributed by atoms with Gasteiger partial charge in [0.25, 0.3) is 0 Å². The molecular weight excluding hydrogens is 316 g/mol. The van der Waals surface area contributed by atoms with Gasteiger partial charge in [-0.1, -0.05) is 17.6 Å². The summed E-state index contributed by atoms with van der Waals surface area (Å²) in [6.07, 6.45) is 10.1. The van der Waals surface area contributed by atoms with Gasteiger partial charge in [-0.3, -0.25) is 4.79 Å². The van der Waals surface area contributed by atoms with Crippen LogP contribution in [0.4, 0.5) is 0 Å². The van der Waals surface area contributed by atoms with Crippen LogP contribution < -0.4 is 0 Å². The van der Waals surface area contributed by atoms with E-state index in [-0.39, 0.29) is 24.5 Å². The monoisotopic (exact) mass is 346 g/mol. The Hall–Kier alpha value is -1.31. The number of allylic oxidation sites excluding steroid dienone is 2. The van der Waals surface area contributed by atoms with E-state index in [9.17, 15) is 15.0 Å². The Morgan fingerprint density at radius 3 is 2.76 bits per heavy atom. The zero-order chi connectivity index (χ0) is 17.8. The topological polar surface area (TPSA) is 77.8 Å². The van der Waals surface area contributed by atoms with Crippen molar-refractivity contribution in [1.29, 1.82) is 0 Å². The zero-order valence-electron chi connectivity index (χ0n) is 14.9. The van der Waals surface area contributed by atoms with Gasteiger partial charge in [-0.05, 0) is 69.1 Å². The second kappa shape index (κ2) is 8.38. The number of hydrogen-bond donors (Lipinski definition) is 3. The fourth-order valence-corrected chi connectivity index (χ4v) is 4.87. The summed E-state index contributed by atoms with van der Waals surface area (Å²) < 4.78 is 0. The molecule has 3 aliphatic rings. The van der Waals surface area contributed by atoms with Crippen molar-refractivity contribution in [2.45, 2.75) is 76.4 Å². The van der Waals surface area contributed by atoms with Crippen molar-refractivity contribution in [3.63, 3.8) is 0 Å². The Morgan fingerprint density at radius 2 is 2.04 bits per heavy atom. The smallest absolute Gasteiger partial charge is 0.303 e. The minimum Gasteiger partial charge on any atom is -0.481 e. The highest BCUT2D eigenvalue weighted by Gasteiger charge is 2.46. The van der Waals surface area contributed by atoms with Gasteiger partial charge in [-0.25, -0.2) is 0 Å². The van der Waals surface area contributed by atoms with E-state index in [1.807, 2.05) is 0 Å². The maximum Gasteiger partial charge on any atom is 0.303 e. The summed E-state index contributed by atoms with van der Waals surface area (Å²) in [7, 11) is 0. The van der Waals surface area contributed by atoms with Crippen LogP contribution in [0.2, 0.25) is 0 Å². The van der Waals surface area contributed by atoms with Gasteiger partial charge in [-0.15, -0.1) is 5.92 Å².